The summed E-state index contributed by atoms with van der Waals surface area (Å²) in [6, 6.07) is 10.4. The van der Waals surface area contributed by atoms with Gasteiger partial charge in [0.15, 0.2) is 0 Å². The maximum atomic E-state index is 5.31. The van der Waals surface area contributed by atoms with Gasteiger partial charge in [0.25, 0.3) is 0 Å². The van der Waals surface area contributed by atoms with E-state index in [0.717, 1.165) is 37.4 Å². The number of nitrogens with one attached hydrogen (secondary N) is 1. The molecule has 0 saturated heterocycles. The average molecular weight is 287 g/mol. The summed E-state index contributed by atoms with van der Waals surface area (Å²) >= 11 is 0. The lowest BCUT2D eigenvalue weighted by atomic mass is 9.94. The van der Waals surface area contributed by atoms with E-state index in [-0.39, 0.29) is 0 Å². The van der Waals surface area contributed by atoms with Gasteiger partial charge in [0.2, 0.25) is 0 Å². The predicted molar refractivity (Wildman–Crippen MR) is 85.6 cm³/mol. The minimum absolute atomic E-state index is 0.534. The second kappa shape index (κ2) is 7.84. The number of hydrogen-bond donors (Lipinski definition) is 1. The van der Waals surface area contributed by atoms with Crippen LogP contribution in [0.4, 0.5) is 0 Å². The Morgan fingerprint density at radius 3 is 2.81 bits per heavy atom. The molecule has 0 fully saturated rings. The van der Waals surface area contributed by atoms with Crippen LogP contribution in [0.1, 0.15) is 18.2 Å². The highest BCUT2D eigenvalue weighted by atomic mass is 16.5. The van der Waals surface area contributed by atoms with Gasteiger partial charge < -0.3 is 10.1 Å². The minimum Gasteiger partial charge on any atom is -0.497 e. The maximum absolute atomic E-state index is 5.31. The van der Waals surface area contributed by atoms with Crippen molar-refractivity contribution in [3.05, 3.63) is 47.8 Å². The molecule has 1 aromatic heterocycles. The SMILES string of the molecule is CCNCC(Cc1cccc(OC)c1)Cc1ccn(C)n1. The van der Waals surface area contributed by atoms with E-state index >= 15 is 0 Å². The first-order valence-corrected chi connectivity index (χ1v) is 7.53. The third kappa shape index (κ3) is 4.90. The van der Waals surface area contributed by atoms with Crippen LogP contribution in [0.15, 0.2) is 36.5 Å². The van der Waals surface area contributed by atoms with E-state index in [9.17, 15) is 0 Å². The van der Waals surface area contributed by atoms with Crippen molar-refractivity contribution >= 4 is 0 Å². The molecule has 4 nitrogen and oxygen atoms in total. The van der Waals surface area contributed by atoms with Crippen molar-refractivity contribution in [3.8, 4) is 5.75 Å². The van der Waals surface area contributed by atoms with E-state index in [1.54, 1.807) is 7.11 Å². The van der Waals surface area contributed by atoms with Gasteiger partial charge >= 0.3 is 0 Å². The van der Waals surface area contributed by atoms with E-state index < -0.39 is 0 Å². The van der Waals surface area contributed by atoms with E-state index in [2.05, 4.69) is 41.6 Å². The zero-order valence-corrected chi connectivity index (χ0v) is 13.2. The molecule has 2 rings (SSSR count). The molecule has 1 atom stereocenters. The summed E-state index contributed by atoms with van der Waals surface area (Å²) in [6.07, 6.45) is 4.02. The van der Waals surface area contributed by atoms with Crippen molar-refractivity contribution in [1.29, 1.82) is 0 Å². The van der Waals surface area contributed by atoms with E-state index in [1.807, 2.05) is 24.0 Å². The topological polar surface area (TPSA) is 39.1 Å². The molecule has 1 unspecified atom stereocenters. The summed E-state index contributed by atoms with van der Waals surface area (Å²) in [5.74, 6) is 1.46. The van der Waals surface area contributed by atoms with Gasteiger partial charge in [-0.05, 0) is 55.6 Å². The molecule has 0 aliphatic heterocycles. The van der Waals surface area contributed by atoms with Gasteiger partial charge in [-0.1, -0.05) is 19.1 Å². The van der Waals surface area contributed by atoms with Crippen molar-refractivity contribution in [2.45, 2.75) is 19.8 Å². The van der Waals surface area contributed by atoms with Crippen LogP contribution in [-0.4, -0.2) is 30.0 Å². The van der Waals surface area contributed by atoms with Crippen LogP contribution in [0.3, 0.4) is 0 Å². The normalized spacial score (nSPS) is 12.3. The quantitative estimate of drug-likeness (QED) is 0.810. The molecule has 0 saturated carbocycles. The molecule has 21 heavy (non-hydrogen) atoms. The second-order valence-corrected chi connectivity index (χ2v) is 5.41. The summed E-state index contributed by atoms with van der Waals surface area (Å²) < 4.78 is 7.17. The zero-order chi connectivity index (χ0) is 15.1. The third-order valence-corrected chi connectivity index (χ3v) is 3.61. The lowest BCUT2D eigenvalue weighted by molar-refractivity contribution is 0.413. The Bertz CT molecular complexity index is 550. The summed E-state index contributed by atoms with van der Waals surface area (Å²) in [5, 5.41) is 7.96. The number of ether oxygens (including phenoxy) is 1. The summed E-state index contributed by atoms with van der Waals surface area (Å²) in [4.78, 5) is 0. The highest BCUT2D eigenvalue weighted by Gasteiger charge is 2.12. The van der Waals surface area contributed by atoms with Gasteiger partial charge in [-0.2, -0.15) is 5.10 Å². The van der Waals surface area contributed by atoms with Crippen LogP contribution < -0.4 is 10.1 Å². The average Bonchev–Trinajstić information content (AvgIpc) is 2.90. The molecule has 0 aliphatic carbocycles. The Morgan fingerprint density at radius 2 is 2.14 bits per heavy atom. The Balaban J connectivity index is 2.04. The first kappa shape index (κ1) is 15.6. The van der Waals surface area contributed by atoms with Gasteiger partial charge in [0.05, 0.1) is 12.8 Å². The number of aryl methyl sites for hydroxylation is 1. The fourth-order valence-electron chi connectivity index (χ4n) is 2.57. The minimum atomic E-state index is 0.534. The number of benzene rings is 1. The van der Waals surface area contributed by atoms with Crippen molar-refractivity contribution in [1.82, 2.24) is 15.1 Å². The van der Waals surface area contributed by atoms with Gasteiger partial charge in [0, 0.05) is 13.2 Å². The van der Waals surface area contributed by atoms with Gasteiger partial charge in [-0.15, -0.1) is 0 Å². The third-order valence-electron chi connectivity index (χ3n) is 3.61. The van der Waals surface area contributed by atoms with Gasteiger partial charge in [-0.3, -0.25) is 4.68 Å². The van der Waals surface area contributed by atoms with Gasteiger partial charge in [-0.25, -0.2) is 0 Å². The van der Waals surface area contributed by atoms with Crippen molar-refractivity contribution in [2.24, 2.45) is 13.0 Å². The highest BCUT2D eigenvalue weighted by molar-refractivity contribution is 5.28. The van der Waals surface area contributed by atoms with E-state index in [1.165, 1.54) is 5.56 Å². The first-order valence-electron chi connectivity index (χ1n) is 7.53. The predicted octanol–water partition coefficient (Wildman–Crippen LogP) is 2.44. The molecule has 4 heteroatoms. The van der Waals surface area contributed by atoms with E-state index in [0.29, 0.717) is 5.92 Å². The number of aromatic nitrogens is 2. The Hall–Kier alpha value is -1.81. The fraction of sp³-hybridized carbons (Fsp3) is 0.471. The van der Waals surface area contributed by atoms with Crippen LogP contribution in [0.2, 0.25) is 0 Å². The van der Waals surface area contributed by atoms with Crippen molar-refractivity contribution < 1.29 is 4.74 Å². The second-order valence-electron chi connectivity index (χ2n) is 5.41. The Kier molecular flexibility index (Phi) is 5.81. The molecule has 114 valence electrons. The molecule has 0 amide bonds. The van der Waals surface area contributed by atoms with Crippen LogP contribution >= 0.6 is 0 Å². The first-order chi connectivity index (χ1) is 10.2. The molecule has 0 aliphatic rings. The molecular weight excluding hydrogens is 262 g/mol. The number of nitrogens with zero attached hydrogens (tertiary/aromatic N) is 2. The molecule has 1 heterocycles. The molecule has 0 spiro atoms. The molecule has 1 N–H and O–H groups in total. The standard InChI is InChI=1S/C17H25N3O/c1-4-18-13-15(11-16-8-9-20(2)19-16)10-14-6-5-7-17(12-14)21-3/h5-9,12,15,18H,4,10-11,13H2,1-3H3. The lowest BCUT2D eigenvalue weighted by Gasteiger charge is -2.17. The molecule has 0 radical (unpaired) electrons. The van der Waals surface area contributed by atoms with Crippen LogP contribution in [0.5, 0.6) is 5.75 Å². The number of methoxy groups -OCH3 is 1. The van der Waals surface area contributed by atoms with Crippen LogP contribution in [0, 0.1) is 5.92 Å². The monoisotopic (exact) mass is 287 g/mol. The maximum Gasteiger partial charge on any atom is 0.119 e. The van der Waals surface area contributed by atoms with Crippen molar-refractivity contribution in [3.63, 3.8) is 0 Å². The molecule has 1 aromatic carbocycles. The van der Waals surface area contributed by atoms with E-state index in [4.69, 9.17) is 4.74 Å². The Morgan fingerprint density at radius 1 is 1.29 bits per heavy atom. The molecular formula is C17H25N3O. The summed E-state index contributed by atoms with van der Waals surface area (Å²) in [5.41, 5.74) is 2.47. The summed E-state index contributed by atoms with van der Waals surface area (Å²) in [6.45, 7) is 4.14. The largest absolute Gasteiger partial charge is 0.497 e. The molecule has 2 aromatic rings. The summed E-state index contributed by atoms with van der Waals surface area (Å²) in [7, 11) is 3.67. The fourth-order valence-corrected chi connectivity index (χ4v) is 2.57. The number of hydrogen-bond acceptors (Lipinski definition) is 3. The molecule has 0 bridgehead atoms. The van der Waals surface area contributed by atoms with Crippen molar-refractivity contribution in [2.75, 3.05) is 20.2 Å². The smallest absolute Gasteiger partial charge is 0.119 e. The lowest BCUT2D eigenvalue weighted by Crippen LogP contribution is -2.25. The number of rotatable bonds is 8. The van der Waals surface area contributed by atoms with Crippen LogP contribution in [0.25, 0.3) is 0 Å². The Labute approximate surface area is 127 Å². The highest BCUT2D eigenvalue weighted by Crippen LogP contribution is 2.18. The van der Waals surface area contributed by atoms with Crippen LogP contribution in [-0.2, 0) is 19.9 Å². The zero-order valence-electron chi connectivity index (χ0n) is 13.2. The van der Waals surface area contributed by atoms with Gasteiger partial charge in [0.1, 0.15) is 5.75 Å².